The minimum atomic E-state index is 0.971. The Hall–Kier alpha value is -0.310. The third-order valence-electron chi connectivity index (χ3n) is 2.70. The van der Waals surface area contributed by atoms with Crippen molar-refractivity contribution in [3.8, 4) is 0 Å². The lowest BCUT2D eigenvalue weighted by Gasteiger charge is -2.19. The van der Waals surface area contributed by atoms with Crippen molar-refractivity contribution < 1.29 is 0 Å². The van der Waals surface area contributed by atoms with E-state index in [0.29, 0.717) is 0 Å². The van der Waals surface area contributed by atoms with Gasteiger partial charge in [0, 0.05) is 19.6 Å². The number of thiocarbonyl (C=S) groups is 1. The number of nitrogens with zero attached hydrogens (tertiary/aromatic N) is 1. The third kappa shape index (κ3) is 4.27. The maximum atomic E-state index is 5.31. The first-order chi connectivity index (χ1) is 6.84. The molecule has 82 valence electrons. The molecule has 0 unspecified atom stereocenters. The molecule has 1 heterocycles. The Labute approximate surface area is 93.1 Å². The van der Waals surface area contributed by atoms with Crippen LogP contribution >= 0.6 is 12.2 Å². The van der Waals surface area contributed by atoms with Crippen LogP contribution in [0.2, 0.25) is 0 Å². The molecule has 0 bridgehead atoms. The van der Waals surface area contributed by atoms with E-state index in [9.17, 15) is 0 Å². The topological polar surface area (TPSA) is 15.3 Å². The van der Waals surface area contributed by atoms with Gasteiger partial charge in [-0.15, -0.1) is 0 Å². The number of hydrogen-bond acceptors (Lipinski definition) is 1. The Balaban J connectivity index is 1.97. The second-order valence-electron chi connectivity index (χ2n) is 3.99. The molecule has 0 aromatic heterocycles. The largest absolute Gasteiger partial charge is 0.363 e. The lowest BCUT2D eigenvalue weighted by Crippen LogP contribution is -2.38. The van der Waals surface area contributed by atoms with E-state index in [2.05, 4.69) is 17.1 Å². The normalized spacial score (nSPS) is 15.9. The highest BCUT2D eigenvalue weighted by Gasteiger charge is 2.13. The highest BCUT2D eigenvalue weighted by molar-refractivity contribution is 7.80. The van der Waals surface area contributed by atoms with E-state index in [1.807, 2.05) is 0 Å². The van der Waals surface area contributed by atoms with Crippen LogP contribution in [-0.2, 0) is 0 Å². The van der Waals surface area contributed by atoms with Crippen LogP contribution in [-0.4, -0.2) is 29.6 Å². The molecular formula is C11H22N2S. The minimum Gasteiger partial charge on any atom is -0.363 e. The van der Waals surface area contributed by atoms with Crippen molar-refractivity contribution in [2.75, 3.05) is 19.6 Å². The van der Waals surface area contributed by atoms with Crippen molar-refractivity contribution in [2.24, 2.45) is 0 Å². The fourth-order valence-corrected chi connectivity index (χ4v) is 2.06. The molecule has 0 atom stereocenters. The molecule has 0 spiro atoms. The Bertz CT molecular complexity index is 165. The van der Waals surface area contributed by atoms with Gasteiger partial charge in [-0.05, 0) is 31.5 Å². The van der Waals surface area contributed by atoms with Crippen molar-refractivity contribution in [3.63, 3.8) is 0 Å². The maximum absolute atomic E-state index is 5.31. The SMILES string of the molecule is CCCCCCNC(=S)N1CCCC1. The van der Waals surface area contributed by atoms with Crippen LogP contribution in [0.1, 0.15) is 45.4 Å². The molecular weight excluding hydrogens is 192 g/mol. The average Bonchev–Trinajstić information content (AvgIpc) is 2.70. The van der Waals surface area contributed by atoms with Gasteiger partial charge in [0.15, 0.2) is 5.11 Å². The quantitative estimate of drug-likeness (QED) is 0.559. The van der Waals surface area contributed by atoms with Crippen LogP contribution in [0.15, 0.2) is 0 Å². The maximum Gasteiger partial charge on any atom is 0.168 e. The predicted octanol–water partition coefficient (Wildman–Crippen LogP) is 2.54. The average molecular weight is 214 g/mol. The van der Waals surface area contributed by atoms with E-state index in [1.54, 1.807) is 0 Å². The summed E-state index contributed by atoms with van der Waals surface area (Å²) in [5.74, 6) is 0. The van der Waals surface area contributed by atoms with E-state index >= 15 is 0 Å². The van der Waals surface area contributed by atoms with Crippen LogP contribution in [0.25, 0.3) is 0 Å². The molecule has 14 heavy (non-hydrogen) atoms. The fourth-order valence-electron chi connectivity index (χ4n) is 1.78. The molecule has 1 aliphatic rings. The smallest absolute Gasteiger partial charge is 0.168 e. The van der Waals surface area contributed by atoms with E-state index in [0.717, 1.165) is 24.7 Å². The second kappa shape index (κ2) is 7.04. The Morgan fingerprint density at radius 1 is 1.21 bits per heavy atom. The van der Waals surface area contributed by atoms with Gasteiger partial charge in [0.2, 0.25) is 0 Å². The first-order valence-electron chi connectivity index (χ1n) is 5.87. The molecule has 0 aromatic carbocycles. The Morgan fingerprint density at radius 2 is 1.93 bits per heavy atom. The number of rotatable bonds is 5. The molecule has 0 amide bonds. The van der Waals surface area contributed by atoms with Crippen LogP contribution in [0.5, 0.6) is 0 Å². The van der Waals surface area contributed by atoms with E-state index in [1.165, 1.54) is 38.5 Å². The number of unbranched alkanes of at least 4 members (excludes halogenated alkanes) is 3. The standard InChI is InChI=1S/C11H22N2S/c1-2-3-4-5-8-12-11(14)13-9-6-7-10-13/h2-10H2,1H3,(H,12,14). The van der Waals surface area contributed by atoms with Gasteiger partial charge in [-0.3, -0.25) is 0 Å². The van der Waals surface area contributed by atoms with Gasteiger partial charge in [-0.2, -0.15) is 0 Å². The number of likely N-dealkylation sites (tertiary alicyclic amines) is 1. The summed E-state index contributed by atoms with van der Waals surface area (Å²) in [5.41, 5.74) is 0. The molecule has 1 rings (SSSR count). The van der Waals surface area contributed by atoms with Gasteiger partial charge in [-0.1, -0.05) is 26.2 Å². The van der Waals surface area contributed by atoms with Gasteiger partial charge in [0.1, 0.15) is 0 Å². The van der Waals surface area contributed by atoms with Gasteiger partial charge < -0.3 is 10.2 Å². The van der Waals surface area contributed by atoms with Crippen molar-refractivity contribution in [1.29, 1.82) is 0 Å². The lowest BCUT2D eigenvalue weighted by atomic mass is 10.2. The molecule has 1 fully saturated rings. The van der Waals surface area contributed by atoms with Crippen LogP contribution in [0.3, 0.4) is 0 Å². The molecule has 0 aliphatic carbocycles. The van der Waals surface area contributed by atoms with Gasteiger partial charge in [0.25, 0.3) is 0 Å². The summed E-state index contributed by atoms with van der Waals surface area (Å²) in [6, 6.07) is 0. The molecule has 0 aromatic rings. The van der Waals surface area contributed by atoms with E-state index in [-0.39, 0.29) is 0 Å². The van der Waals surface area contributed by atoms with Gasteiger partial charge in [0.05, 0.1) is 0 Å². The van der Waals surface area contributed by atoms with Crippen molar-refractivity contribution in [3.05, 3.63) is 0 Å². The van der Waals surface area contributed by atoms with Crippen molar-refractivity contribution in [1.82, 2.24) is 10.2 Å². The lowest BCUT2D eigenvalue weighted by molar-refractivity contribution is 0.503. The summed E-state index contributed by atoms with van der Waals surface area (Å²) >= 11 is 5.31. The number of hydrogen-bond donors (Lipinski definition) is 1. The third-order valence-corrected chi connectivity index (χ3v) is 3.10. The summed E-state index contributed by atoms with van der Waals surface area (Å²) in [5, 5.41) is 4.31. The Morgan fingerprint density at radius 3 is 2.57 bits per heavy atom. The van der Waals surface area contributed by atoms with Gasteiger partial charge >= 0.3 is 0 Å². The zero-order valence-corrected chi connectivity index (χ0v) is 10.0. The fraction of sp³-hybridized carbons (Fsp3) is 0.909. The first kappa shape index (κ1) is 11.8. The zero-order chi connectivity index (χ0) is 10.2. The van der Waals surface area contributed by atoms with Gasteiger partial charge in [-0.25, -0.2) is 0 Å². The summed E-state index contributed by atoms with van der Waals surface area (Å²) in [6.07, 6.45) is 7.83. The molecule has 2 nitrogen and oxygen atoms in total. The summed E-state index contributed by atoms with van der Waals surface area (Å²) in [4.78, 5) is 2.29. The minimum absolute atomic E-state index is 0.971. The molecule has 1 saturated heterocycles. The first-order valence-corrected chi connectivity index (χ1v) is 6.28. The summed E-state index contributed by atoms with van der Waals surface area (Å²) < 4.78 is 0. The second-order valence-corrected chi connectivity index (χ2v) is 4.37. The number of nitrogens with one attached hydrogen (secondary N) is 1. The predicted molar refractivity (Wildman–Crippen MR) is 65.5 cm³/mol. The van der Waals surface area contributed by atoms with E-state index in [4.69, 9.17) is 12.2 Å². The van der Waals surface area contributed by atoms with E-state index < -0.39 is 0 Å². The van der Waals surface area contributed by atoms with Crippen LogP contribution in [0.4, 0.5) is 0 Å². The Kier molecular flexibility index (Phi) is 5.92. The molecule has 0 saturated carbocycles. The molecule has 1 N–H and O–H groups in total. The monoisotopic (exact) mass is 214 g/mol. The van der Waals surface area contributed by atoms with Crippen molar-refractivity contribution in [2.45, 2.75) is 45.4 Å². The van der Waals surface area contributed by atoms with Crippen molar-refractivity contribution >= 4 is 17.3 Å². The molecule has 3 heteroatoms. The molecule has 1 aliphatic heterocycles. The van der Waals surface area contributed by atoms with Crippen LogP contribution < -0.4 is 5.32 Å². The highest BCUT2D eigenvalue weighted by Crippen LogP contribution is 2.07. The zero-order valence-electron chi connectivity index (χ0n) is 9.22. The highest BCUT2D eigenvalue weighted by atomic mass is 32.1. The molecule has 0 radical (unpaired) electrons. The van der Waals surface area contributed by atoms with Crippen LogP contribution in [0, 0.1) is 0 Å². The summed E-state index contributed by atoms with van der Waals surface area (Å²) in [6.45, 7) is 5.60. The summed E-state index contributed by atoms with van der Waals surface area (Å²) in [7, 11) is 0.